The Bertz CT molecular complexity index is 634. The average molecular weight is 308 g/mol. The van der Waals surface area contributed by atoms with Gasteiger partial charge in [0, 0.05) is 18.1 Å². The van der Waals surface area contributed by atoms with E-state index < -0.39 is 11.6 Å². The maximum atomic E-state index is 14.4. The van der Waals surface area contributed by atoms with E-state index in [0.717, 1.165) is 30.5 Å². The fraction of sp³-hybridized carbons (Fsp3) is 0.294. The second-order valence-corrected chi connectivity index (χ2v) is 5.55. The van der Waals surface area contributed by atoms with E-state index in [4.69, 9.17) is 11.6 Å². The van der Waals surface area contributed by atoms with Crippen molar-refractivity contribution in [1.29, 1.82) is 0 Å². The van der Waals surface area contributed by atoms with Crippen LogP contribution in [0.2, 0.25) is 0 Å². The van der Waals surface area contributed by atoms with Crippen LogP contribution in [0.5, 0.6) is 0 Å². The van der Waals surface area contributed by atoms with Gasteiger partial charge in [-0.1, -0.05) is 18.2 Å². The van der Waals surface area contributed by atoms with Gasteiger partial charge in [0.15, 0.2) is 0 Å². The summed E-state index contributed by atoms with van der Waals surface area (Å²) >= 11 is 5.67. The molecule has 4 heteroatoms. The molecule has 3 rings (SSSR count). The van der Waals surface area contributed by atoms with Gasteiger partial charge in [-0.05, 0) is 48.6 Å². The van der Waals surface area contributed by atoms with Gasteiger partial charge >= 0.3 is 0 Å². The van der Waals surface area contributed by atoms with Gasteiger partial charge < -0.3 is 4.90 Å². The van der Waals surface area contributed by atoms with Gasteiger partial charge in [0.25, 0.3) is 0 Å². The van der Waals surface area contributed by atoms with Crippen LogP contribution in [0.4, 0.5) is 20.2 Å². The average Bonchev–Trinajstić information content (AvgIpc) is 2.69. The van der Waals surface area contributed by atoms with Crippen LogP contribution >= 0.6 is 11.6 Å². The molecule has 1 aliphatic heterocycles. The fourth-order valence-corrected chi connectivity index (χ4v) is 3.03. The Balaban J connectivity index is 2.12. The predicted octanol–water partition coefficient (Wildman–Crippen LogP) is 5.18. The number of hydrogen-bond donors (Lipinski definition) is 0. The zero-order chi connectivity index (χ0) is 14.8. The molecule has 0 radical (unpaired) electrons. The summed E-state index contributed by atoms with van der Waals surface area (Å²) in [5.41, 5.74) is 2.51. The second-order valence-electron chi connectivity index (χ2n) is 5.28. The van der Waals surface area contributed by atoms with E-state index in [1.165, 1.54) is 12.1 Å². The second kappa shape index (κ2) is 6.02. The zero-order valence-electron chi connectivity index (χ0n) is 11.6. The summed E-state index contributed by atoms with van der Waals surface area (Å²) < 4.78 is 28.7. The van der Waals surface area contributed by atoms with Crippen LogP contribution in [-0.2, 0) is 12.3 Å². The van der Waals surface area contributed by atoms with Gasteiger partial charge in [-0.15, -0.1) is 11.6 Å². The third-order valence-corrected chi connectivity index (χ3v) is 4.17. The molecular formula is C17H16ClF2N. The predicted molar refractivity (Wildman–Crippen MR) is 82.3 cm³/mol. The van der Waals surface area contributed by atoms with Crippen molar-refractivity contribution in [3.8, 4) is 0 Å². The van der Waals surface area contributed by atoms with E-state index in [-0.39, 0.29) is 11.6 Å². The molecule has 0 amide bonds. The number of rotatable bonds is 2. The number of alkyl halides is 1. The number of fused-ring (bicyclic) bond motifs is 1. The highest BCUT2D eigenvalue weighted by Crippen LogP contribution is 2.36. The molecule has 2 aromatic carbocycles. The third-order valence-electron chi connectivity index (χ3n) is 3.86. The first-order valence-electron chi connectivity index (χ1n) is 7.10. The van der Waals surface area contributed by atoms with Crippen molar-refractivity contribution in [2.24, 2.45) is 0 Å². The molecule has 0 fully saturated rings. The smallest absolute Gasteiger partial charge is 0.150 e. The summed E-state index contributed by atoms with van der Waals surface area (Å²) in [6.07, 6.45) is 2.87. The van der Waals surface area contributed by atoms with Crippen molar-refractivity contribution in [2.75, 3.05) is 11.4 Å². The fourth-order valence-electron chi connectivity index (χ4n) is 2.88. The Morgan fingerprint density at radius 1 is 1.05 bits per heavy atom. The van der Waals surface area contributed by atoms with Crippen LogP contribution in [0.15, 0.2) is 36.4 Å². The zero-order valence-corrected chi connectivity index (χ0v) is 12.3. The lowest BCUT2D eigenvalue weighted by Crippen LogP contribution is -2.20. The first-order chi connectivity index (χ1) is 10.2. The van der Waals surface area contributed by atoms with Crippen molar-refractivity contribution >= 4 is 23.0 Å². The van der Waals surface area contributed by atoms with Gasteiger partial charge in [-0.3, -0.25) is 0 Å². The summed E-state index contributed by atoms with van der Waals surface area (Å²) in [4.78, 5) is 1.75. The number of hydrogen-bond acceptors (Lipinski definition) is 1. The summed E-state index contributed by atoms with van der Waals surface area (Å²) in [5.74, 6) is -1.00. The minimum absolute atomic E-state index is 0.0261. The van der Waals surface area contributed by atoms with E-state index in [9.17, 15) is 8.78 Å². The normalized spacial score (nSPS) is 14.7. The monoisotopic (exact) mass is 307 g/mol. The highest BCUT2D eigenvalue weighted by atomic mass is 35.5. The van der Waals surface area contributed by atoms with Crippen LogP contribution in [0.25, 0.3) is 0 Å². The summed E-state index contributed by atoms with van der Waals surface area (Å²) in [5, 5.41) is 0. The van der Waals surface area contributed by atoms with Crippen LogP contribution < -0.4 is 4.90 Å². The van der Waals surface area contributed by atoms with Crippen molar-refractivity contribution in [2.45, 2.75) is 25.1 Å². The van der Waals surface area contributed by atoms with Gasteiger partial charge in [-0.25, -0.2) is 8.78 Å². The number of para-hydroxylation sites is 1. The standard InChI is InChI=1S/C17H16ClF2N/c18-11-12-9-14(19)17(15(20)10-12)21-8-4-3-6-13-5-1-2-7-16(13)21/h1-2,5,7,9-10H,3-4,6,8,11H2. The molecule has 1 heterocycles. The number of benzene rings is 2. The van der Waals surface area contributed by atoms with Gasteiger partial charge in [0.2, 0.25) is 0 Å². The lowest BCUT2D eigenvalue weighted by atomic mass is 10.1. The molecule has 0 aromatic heterocycles. The van der Waals surface area contributed by atoms with Crippen LogP contribution in [0.3, 0.4) is 0 Å². The number of anilines is 2. The molecule has 0 aliphatic carbocycles. The van der Waals surface area contributed by atoms with Gasteiger partial charge in [0.1, 0.15) is 17.3 Å². The minimum Gasteiger partial charge on any atom is -0.336 e. The number of halogens is 3. The third kappa shape index (κ3) is 2.75. The molecule has 0 N–H and O–H groups in total. The lowest BCUT2D eigenvalue weighted by Gasteiger charge is -2.26. The summed E-state index contributed by atoms with van der Waals surface area (Å²) in [6, 6.07) is 10.5. The topological polar surface area (TPSA) is 3.24 Å². The molecule has 0 spiro atoms. The van der Waals surface area contributed by atoms with Crippen molar-refractivity contribution in [3.05, 3.63) is 59.2 Å². The highest BCUT2D eigenvalue weighted by molar-refractivity contribution is 6.17. The van der Waals surface area contributed by atoms with Crippen molar-refractivity contribution in [3.63, 3.8) is 0 Å². The van der Waals surface area contributed by atoms with E-state index in [1.54, 1.807) is 4.90 Å². The number of nitrogens with zero attached hydrogens (tertiary/aromatic N) is 1. The first-order valence-corrected chi connectivity index (χ1v) is 7.63. The molecule has 1 aliphatic rings. The van der Waals surface area contributed by atoms with Crippen molar-refractivity contribution < 1.29 is 8.78 Å². The van der Waals surface area contributed by atoms with Gasteiger partial charge in [-0.2, -0.15) is 0 Å². The Labute approximate surface area is 128 Å². The van der Waals surface area contributed by atoms with Gasteiger partial charge in [0.05, 0.1) is 0 Å². The quantitative estimate of drug-likeness (QED) is 0.691. The Kier molecular flexibility index (Phi) is 4.11. The van der Waals surface area contributed by atoms with E-state index >= 15 is 0 Å². The van der Waals surface area contributed by atoms with E-state index in [0.29, 0.717) is 12.1 Å². The van der Waals surface area contributed by atoms with Crippen LogP contribution in [-0.4, -0.2) is 6.54 Å². The number of aryl methyl sites for hydroxylation is 1. The molecular weight excluding hydrogens is 292 g/mol. The summed E-state index contributed by atoms with van der Waals surface area (Å²) in [6.45, 7) is 0.616. The van der Waals surface area contributed by atoms with E-state index in [2.05, 4.69) is 0 Å². The summed E-state index contributed by atoms with van der Waals surface area (Å²) in [7, 11) is 0. The molecule has 110 valence electrons. The Morgan fingerprint density at radius 2 is 1.76 bits per heavy atom. The molecule has 0 bridgehead atoms. The lowest BCUT2D eigenvalue weighted by molar-refractivity contribution is 0.576. The van der Waals surface area contributed by atoms with Crippen molar-refractivity contribution in [1.82, 2.24) is 0 Å². The Hall–Kier alpha value is -1.61. The van der Waals surface area contributed by atoms with Crippen LogP contribution in [0.1, 0.15) is 24.0 Å². The first kappa shape index (κ1) is 14.3. The SMILES string of the molecule is Fc1cc(CCl)cc(F)c1N1CCCCc2ccccc21. The highest BCUT2D eigenvalue weighted by Gasteiger charge is 2.22. The van der Waals surface area contributed by atoms with Crippen LogP contribution in [0, 0.1) is 11.6 Å². The molecule has 0 unspecified atom stereocenters. The maximum absolute atomic E-state index is 14.4. The molecule has 0 saturated heterocycles. The Morgan fingerprint density at radius 3 is 2.48 bits per heavy atom. The minimum atomic E-state index is -0.553. The molecule has 0 saturated carbocycles. The molecule has 1 nitrogen and oxygen atoms in total. The molecule has 21 heavy (non-hydrogen) atoms. The maximum Gasteiger partial charge on any atom is 0.150 e. The van der Waals surface area contributed by atoms with E-state index in [1.807, 2.05) is 24.3 Å². The largest absolute Gasteiger partial charge is 0.336 e. The molecule has 0 atom stereocenters. The molecule has 2 aromatic rings.